The van der Waals surface area contributed by atoms with E-state index in [0.717, 1.165) is 17.9 Å². The monoisotopic (exact) mass is 266 g/mol. The number of nitrogen functional groups attached to an aromatic ring is 1. The zero-order valence-electron chi connectivity index (χ0n) is 10.7. The summed E-state index contributed by atoms with van der Waals surface area (Å²) in [5.41, 5.74) is 6.84. The van der Waals surface area contributed by atoms with Crippen molar-refractivity contribution < 1.29 is 9.53 Å². The van der Waals surface area contributed by atoms with E-state index in [2.05, 4.69) is 0 Å². The number of benzene rings is 1. The fraction of sp³-hybridized carbons (Fsp3) is 0.462. The lowest BCUT2D eigenvalue weighted by Gasteiger charge is -2.25. The minimum absolute atomic E-state index is 0.0579. The average molecular weight is 266 g/mol. The first-order valence-electron chi connectivity index (χ1n) is 5.92. The smallest absolute Gasteiger partial charge is 0.259 e. The summed E-state index contributed by atoms with van der Waals surface area (Å²) < 4.78 is 5.23. The standard InChI is InChI=1S/C13H18N2O2S/c1-15(9-6-7-18-8-9)13(16)12-10(14)4-3-5-11(12)17-2/h3-5,9H,6-8,14H2,1-2H3. The molecule has 1 aromatic carbocycles. The molecule has 1 unspecified atom stereocenters. The van der Waals surface area contributed by atoms with Gasteiger partial charge in [-0.1, -0.05) is 6.07 Å². The lowest BCUT2D eigenvalue weighted by Crippen LogP contribution is -2.37. The van der Waals surface area contributed by atoms with Crippen LogP contribution in [-0.4, -0.2) is 42.5 Å². The summed E-state index contributed by atoms with van der Waals surface area (Å²) in [6.07, 6.45) is 1.04. The molecule has 0 bridgehead atoms. The summed E-state index contributed by atoms with van der Waals surface area (Å²) in [5.74, 6) is 2.59. The van der Waals surface area contributed by atoms with Gasteiger partial charge < -0.3 is 15.4 Å². The Labute approximate surface area is 111 Å². The molecule has 1 amide bonds. The number of methoxy groups -OCH3 is 1. The van der Waals surface area contributed by atoms with Crippen LogP contribution in [0.15, 0.2) is 18.2 Å². The maximum atomic E-state index is 12.5. The summed E-state index contributed by atoms with van der Waals surface area (Å²) in [6, 6.07) is 5.58. The molecule has 0 spiro atoms. The quantitative estimate of drug-likeness (QED) is 0.848. The first kappa shape index (κ1) is 13.1. The molecule has 5 heteroatoms. The van der Waals surface area contributed by atoms with Crippen molar-refractivity contribution in [2.24, 2.45) is 0 Å². The maximum absolute atomic E-state index is 12.5. The number of nitrogens with zero attached hydrogens (tertiary/aromatic N) is 1. The number of amides is 1. The van der Waals surface area contributed by atoms with Gasteiger partial charge in [0.1, 0.15) is 11.3 Å². The van der Waals surface area contributed by atoms with E-state index in [9.17, 15) is 4.79 Å². The van der Waals surface area contributed by atoms with E-state index in [1.54, 1.807) is 30.2 Å². The lowest BCUT2D eigenvalue weighted by atomic mass is 10.1. The first-order chi connectivity index (χ1) is 8.65. The molecule has 18 heavy (non-hydrogen) atoms. The van der Waals surface area contributed by atoms with Gasteiger partial charge in [0.25, 0.3) is 5.91 Å². The predicted molar refractivity (Wildman–Crippen MR) is 75.2 cm³/mol. The van der Waals surface area contributed by atoms with Crippen LogP contribution in [0.5, 0.6) is 5.75 Å². The molecular weight excluding hydrogens is 248 g/mol. The topological polar surface area (TPSA) is 55.6 Å². The van der Waals surface area contributed by atoms with Crippen LogP contribution in [0.4, 0.5) is 5.69 Å². The van der Waals surface area contributed by atoms with E-state index in [0.29, 0.717) is 23.0 Å². The number of anilines is 1. The van der Waals surface area contributed by atoms with Crippen LogP contribution in [0.2, 0.25) is 0 Å². The Morgan fingerprint density at radius 1 is 1.56 bits per heavy atom. The third-order valence-corrected chi connectivity index (χ3v) is 4.41. The van der Waals surface area contributed by atoms with Gasteiger partial charge in [-0.05, 0) is 24.3 Å². The Balaban J connectivity index is 2.27. The Hall–Kier alpha value is -1.36. The zero-order chi connectivity index (χ0) is 13.1. The molecule has 1 heterocycles. The van der Waals surface area contributed by atoms with Crippen LogP contribution in [-0.2, 0) is 0 Å². The van der Waals surface area contributed by atoms with Crippen molar-refractivity contribution in [3.8, 4) is 5.75 Å². The van der Waals surface area contributed by atoms with Gasteiger partial charge in [-0.15, -0.1) is 0 Å². The summed E-state index contributed by atoms with van der Waals surface area (Å²) in [4.78, 5) is 14.3. The molecule has 1 aromatic rings. The Morgan fingerprint density at radius 2 is 2.33 bits per heavy atom. The molecule has 98 valence electrons. The normalized spacial score (nSPS) is 18.7. The average Bonchev–Trinajstić information content (AvgIpc) is 2.90. The largest absolute Gasteiger partial charge is 0.496 e. The number of carbonyl (C=O) groups is 1. The number of rotatable bonds is 3. The van der Waals surface area contributed by atoms with Crippen molar-refractivity contribution in [2.45, 2.75) is 12.5 Å². The Bertz CT molecular complexity index is 445. The van der Waals surface area contributed by atoms with Crippen LogP contribution in [0, 0.1) is 0 Å². The number of hydrogen-bond donors (Lipinski definition) is 1. The molecule has 0 saturated carbocycles. The third kappa shape index (κ3) is 2.41. The van der Waals surface area contributed by atoms with E-state index >= 15 is 0 Å². The van der Waals surface area contributed by atoms with Crippen LogP contribution < -0.4 is 10.5 Å². The van der Waals surface area contributed by atoms with Crippen molar-refractivity contribution in [2.75, 3.05) is 31.4 Å². The Kier molecular flexibility index (Phi) is 4.01. The lowest BCUT2D eigenvalue weighted by molar-refractivity contribution is 0.0745. The van der Waals surface area contributed by atoms with E-state index in [1.165, 1.54) is 0 Å². The third-order valence-electron chi connectivity index (χ3n) is 3.27. The summed E-state index contributed by atoms with van der Waals surface area (Å²) in [5, 5.41) is 0. The van der Waals surface area contributed by atoms with Crippen LogP contribution >= 0.6 is 11.8 Å². The molecule has 1 saturated heterocycles. The number of hydrogen-bond acceptors (Lipinski definition) is 4. The molecule has 0 radical (unpaired) electrons. The van der Waals surface area contributed by atoms with Crippen LogP contribution in [0.25, 0.3) is 0 Å². The fourth-order valence-electron chi connectivity index (χ4n) is 2.12. The van der Waals surface area contributed by atoms with Crippen molar-refractivity contribution in [1.29, 1.82) is 0 Å². The highest BCUT2D eigenvalue weighted by Gasteiger charge is 2.27. The van der Waals surface area contributed by atoms with Crippen LogP contribution in [0.3, 0.4) is 0 Å². The molecule has 1 aliphatic heterocycles. The molecular formula is C13H18N2O2S. The number of nitrogens with two attached hydrogens (primary N) is 1. The van der Waals surface area contributed by atoms with Crippen LogP contribution in [0.1, 0.15) is 16.8 Å². The fourth-order valence-corrected chi connectivity index (χ4v) is 3.38. The highest BCUT2D eigenvalue weighted by atomic mass is 32.2. The van der Waals surface area contributed by atoms with Gasteiger partial charge >= 0.3 is 0 Å². The molecule has 0 aromatic heterocycles. The second-order valence-corrected chi connectivity index (χ2v) is 5.51. The molecule has 1 fully saturated rings. The molecule has 0 aliphatic carbocycles. The number of thioether (sulfide) groups is 1. The molecule has 4 nitrogen and oxygen atoms in total. The molecule has 1 aliphatic rings. The van der Waals surface area contributed by atoms with Gasteiger partial charge in [-0.2, -0.15) is 11.8 Å². The van der Waals surface area contributed by atoms with Gasteiger partial charge in [-0.3, -0.25) is 4.79 Å². The van der Waals surface area contributed by atoms with Crippen molar-refractivity contribution in [1.82, 2.24) is 4.90 Å². The second kappa shape index (κ2) is 5.52. The first-order valence-corrected chi connectivity index (χ1v) is 7.08. The zero-order valence-corrected chi connectivity index (χ0v) is 11.5. The minimum atomic E-state index is -0.0579. The summed E-state index contributed by atoms with van der Waals surface area (Å²) >= 11 is 1.88. The maximum Gasteiger partial charge on any atom is 0.259 e. The van der Waals surface area contributed by atoms with E-state index in [4.69, 9.17) is 10.5 Å². The highest BCUT2D eigenvalue weighted by Crippen LogP contribution is 2.28. The van der Waals surface area contributed by atoms with E-state index in [-0.39, 0.29) is 5.91 Å². The van der Waals surface area contributed by atoms with Gasteiger partial charge in [0, 0.05) is 24.5 Å². The predicted octanol–water partition coefficient (Wildman–Crippen LogP) is 1.85. The van der Waals surface area contributed by atoms with Crippen molar-refractivity contribution >= 4 is 23.4 Å². The van der Waals surface area contributed by atoms with E-state index in [1.807, 2.05) is 18.8 Å². The Morgan fingerprint density at radius 3 is 2.94 bits per heavy atom. The summed E-state index contributed by atoms with van der Waals surface area (Å²) in [7, 11) is 3.39. The van der Waals surface area contributed by atoms with Crippen molar-refractivity contribution in [3.05, 3.63) is 23.8 Å². The van der Waals surface area contributed by atoms with Crippen molar-refractivity contribution in [3.63, 3.8) is 0 Å². The minimum Gasteiger partial charge on any atom is -0.496 e. The molecule has 2 N–H and O–H groups in total. The number of carbonyl (C=O) groups excluding carboxylic acids is 1. The second-order valence-electron chi connectivity index (χ2n) is 4.36. The SMILES string of the molecule is COc1cccc(N)c1C(=O)N(C)C1CCSC1. The molecule has 1 atom stereocenters. The summed E-state index contributed by atoms with van der Waals surface area (Å²) in [6.45, 7) is 0. The van der Waals surface area contributed by atoms with Gasteiger partial charge in [0.2, 0.25) is 0 Å². The van der Waals surface area contributed by atoms with Gasteiger partial charge in [0.15, 0.2) is 0 Å². The van der Waals surface area contributed by atoms with E-state index < -0.39 is 0 Å². The van der Waals surface area contributed by atoms with Gasteiger partial charge in [-0.25, -0.2) is 0 Å². The van der Waals surface area contributed by atoms with Gasteiger partial charge in [0.05, 0.1) is 7.11 Å². The highest BCUT2D eigenvalue weighted by molar-refractivity contribution is 7.99. The number of ether oxygens (including phenoxy) is 1. The molecule has 2 rings (SSSR count).